The van der Waals surface area contributed by atoms with Crippen molar-refractivity contribution in [3.63, 3.8) is 0 Å². The van der Waals surface area contributed by atoms with Crippen molar-refractivity contribution in [2.45, 2.75) is 12.5 Å². The Morgan fingerprint density at radius 1 is 1.53 bits per heavy atom. The molecule has 1 aromatic carbocycles. The summed E-state index contributed by atoms with van der Waals surface area (Å²) in [4.78, 5) is 13.8. The maximum atomic E-state index is 12.9. The molecule has 0 radical (unpaired) electrons. The van der Waals surface area contributed by atoms with Crippen LogP contribution in [0.3, 0.4) is 0 Å². The first kappa shape index (κ1) is 14.7. The molecule has 1 aliphatic rings. The molecule has 1 fully saturated rings. The molecule has 0 aliphatic carbocycles. The van der Waals surface area contributed by atoms with Crippen molar-refractivity contribution in [2.75, 3.05) is 13.1 Å². The number of benzene rings is 1. The second kappa shape index (κ2) is 5.97. The van der Waals surface area contributed by atoms with Gasteiger partial charge in [0.15, 0.2) is 0 Å². The van der Waals surface area contributed by atoms with Gasteiger partial charge in [-0.2, -0.15) is 0 Å². The molecule has 2 rings (SSSR count). The first-order chi connectivity index (χ1) is 7.58. The summed E-state index contributed by atoms with van der Waals surface area (Å²) in [6, 6.07) is 4.28. The van der Waals surface area contributed by atoms with E-state index in [9.17, 15) is 9.18 Å². The van der Waals surface area contributed by atoms with Gasteiger partial charge < -0.3 is 10.6 Å². The number of likely N-dealkylation sites (tertiary alicyclic amines) is 1. The molecule has 1 heterocycles. The highest BCUT2D eigenvalue weighted by Crippen LogP contribution is 2.18. The lowest BCUT2D eigenvalue weighted by Crippen LogP contribution is -2.32. The highest BCUT2D eigenvalue weighted by Gasteiger charge is 2.25. The van der Waals surface area contributed by atoms with Gasteiger partial charge in [-0.25, -0.2) is 4.39 Å². The van der Waals surface area contributed by atoms with Gasteiger partial charge in [0, 0.05) is 22.7 Å². The number of hydrogen-bond acceptors (Lipinski definition) is 2. The highest BCUT2D eigenvalue weighted by atomic mass is 127. The molecule has 1 saturated heterocycles. The number of nitrogens with two attached hydrogens (primary N) is 1. The van der Waals surface area contributed by atoms with Crippen LogP contribution in [0, 0.1) is 9.39 Å². The second-order valence-corrected chi connectivity index (χ2v) is 5.09. The van der Waals surface area contributed by atoms with Crippen LogP contribution < -0.4 is 5.73 Å². The van der Waals surface area contributed by atoms with E-state index in [0.717, 1.165) is 6.42 Å². The highest BCUT2D eigenvalue weighted by molar-refractivity contribution is 14.1. The average Bonchev–Trinajstić information content (AvgIpc) is 2.64. The van der Waals surface area contributed by atoms with E-state index < -0.39 is 0 Å². The lowest BCUT2D eigenvalue weighted by atomic mass is 10.2. The smallest absolute Gasteiger partial charge is 0.254 e. The summed E-state index contributed by atoms with van der Waals surface area (Å²) in [6.07, 6.45) is 0.837. The Hall–Kier alpha value is -0.400. The molecule has 3 nitrogen and oxygen atoms in total. The van der Waals surface area contributed by atoms with E-state index in [2.05, 4.69) is 0 Å². The monoisotopic (exact) mass is 370 g/mol. The van der Waals surface area contributed by atoms with Crippen LogP contribution in [-0.4, -0.2) is 29.9 Å². The van der Waals surface area contributed by atoms with Gasteiger partial charge in [0.2, 0.25) is 0 Å². The lowest BCUT2D eigenvalue weighted by Gasteiger charge is -2.16. The van der Waals surface area contributed by atoms with Crippen LogP contribution in [0.25, 0.3) is 0 Å². The molecule has 1 atom stereocenters. The summed E-state index contributed by atoms with van der Waals surface area (Å²) in [7, 11) is 0. The fourth-order valence-electron chi connectivity index (χ4n) is 1.81. The van der Waals surface area contributed by atoms with Crippen molar-refractivity contribution in [3.05, 3.63) is 33.1 Å². The van der Waals surface area contributed by atoms with E-state index in [1.807, 2.05) is 22.6 Å². The largest absolute Gasteiger partial charge is 0.337 e. The lowest BCUT2D eigenvalue weighted by molar-refractivity contribution is 0.0790. The van der Waals surface area contributed by atoms with Crippen molar-refractivity contribution < 1.29 is 9.18 Å². The molecule has 1 aromatic rings. The topological polar surface area (TPSA) is 46.3 Å². The Labute approximate surface area is 119 Å². The van der Waals surface area contributed by atoms with Crippen molar-refractivity contribution in [3.8, 4) is 0 Å². The zero-order chi connectivity index (χ0) is 11.7. The minimum Gasteiger partial charge on any atom is -0.337 e. The van der Waals surface area contributed by atoms with Crippen LogP contribution in [0.2, 0.25) is 0 Å². The minimum atomic E-state index is -0.320. The van der Waals surface area contributed by atoms with Gasteiger partial charge in [0.05, 0.1) is 5.56 Å². The van der Waals surface area contributed by atoms with Gasteiger partial charge in [0.1, 0.15) is 5.82 Å². The van der Waals surface area contributed by atoms with Crippen molar-refractivity contribution in [1.82, 2.24) is 4.90 Å². The molecular weight excluding hydrogens is 357 g/mol. The minimum absolute atomic E-state index is 0. The normalized spacial score (nSPS) is 19.0. The number of nitrogens with zero attached hydrogens (tertiary/aromatic N) is 1. The molecule has 17 heavy (non-hydrogen) atoms. The fourth-order valence-corrected chi connectivity index (χ4v) is 2.51. The fraction of sp³-hybridized carbons (Fsp3) is 0.364. The molecule has 0 unspecified atom stereocenters. The van der Waals surface area contributed by atoms with E-state index in [-0.39, 0.29) is 30.2 Å². The van der Waals surface area contributed by atoms with Crippen LogP contribution in [0.1, 0.15) is 16.8 Å². The molecule has 94 valence electrons. The van der Waals surface area contributed by atoms with E-state index >= 15 is 0 Å². The third-order valence-corrected chi connectivity index (χ3v) is 3.57. The standard InChI is InChI=1S/C11H12FIN2O.ClH/c12-7-1-2-9(10(13)5-7)11(16)15-4-3-8(14)6-15;/h1-2,5,8H,3-4,6,14H2;1H/t8-;/m0./s1. The first-order valence-corrected chi connectivity index (χ1v) is 6.15. The van der Waals surface area contributed by atoms with E-state index in [0.29, 0.717) is 22.2 Å². The van der Waals surface area contributed by atoms with Gasteiger partial charge in [-0.05, 0) is 47.2 Å². The van der Waals surface area contributed by atoms with E-state index in [1.54, 1.807) is 4.90 Å². The Morgan fingerprint density at radius 2 is 2.24 bits per heavy atom. The van der Waals surface area contributed by atoms with Crippen molar-refractivity contribution >= 4 is 40.9 Å². The molecular formula is C11H13ClFIN2O. The summed E-state index contributed by atoms with van der Waals surface area (Å²) in [5.41, 5.74) is 6.30. The first-order valence-electron chi connectivity index (χ1n) is 5.08. The van der Waals surface area contributed by atoms with Crippen molar-refractivity contribution in [2.24, 2.45) is 5.73 Å². The molecule has 1 amide bonds. The number of carbonyl (C=O) groups is 1. The average molecular weight is 371 g/mol. The van der Waals surface area contributed by atoms with E-state index in [1.165, 1.54) is 18.2 Å². The summed E-state index contributed by atoms with van der Waals surface area (Å²) in [5, 5.41) is 0. The molecule has 0 saturated carbocycles. The predicted octanol–water partition coefficient (Wildman–Crippen LogP) is 2.03. The van der Waals surface area contributed by atoms with Gasteiger partial charge >= 0.3 is 0 Å². The third-order valence-electron chi connectivity index (χ3n) is 2.67. The SMILES string of the molecule is Cl.N[C@H]1CCN(C(=O)c2ccc(F)cc2I)C1. The molecule has 1 aliphatic heterocycles. The molecule has 0 bridgehead atoms. The van der Waals surface area contributed by atoms with E-state index in [4.69, 9.17) is 5.73 Å². The molecule has 6 heteroatoms. The summed E-state index contributed by atoms with van der Waals surface area (Å²) < 4.78 is 13.5. The van der Waals surface area contributed by atoms with Crippen LogP contribution >= 0.6 is 35.0 Å². The third kappa shape index (κ3) is 3.29. The zero-order valence-electron chi connectivity index (χ0n) is 9.03. The van der Waals surface area contributed by atoms with Crippen LogP contribution in [0.5, 0.6) is 0 Å². The molecule has 0 aromatic heterocycles. The summed E-state index contributed by atoms with van der Waals surface area (Å²) in [6.45, 7) is 1.28. The van der Waals surface area contributed by atoms with Gasteiger partial charge in [-0.15, -0.1) is 12.4 Å². The summed E-state index contributed by atoms with van der Waals surface area (Å²) >= 11 is 1.97. The number of rotatable bonds is 1. The van der Waals surface area contributed by atoms with Crippen molar-refractivity contribution in [1.29, 1.82) is 0 Å². The number of amides is 1. The zero-order valence-corrected chi connectivity index (χ0v) is 12.0. The Kier molecular flexibility index (Phi) is 5.15. The number of hydrogen-bond donors (Lipinski definition) is 1. The Balaban J connectivity index is 0.00000144. The van der Waals surface area contributed by atoms with Gasteiger partial charge in [0.25, 0.3) is 5.91 Å². The summed E-state index contributed by atoms with van der Waals surface area (Å²) in [5.74, 6) is -0.378. The second-order valence-electron chi connectivity index (χ2n) is 3.92. The quantitative estimate of drug-likeness (QED) is 0.769. The Morgan fingerprint density at radius 3 is 2.76 bits per heavy atom. The van der Waals surface area contributed by atoms with Gasteiger partial charge in [-0.1, -0.05) is 0 Å². The molecule has 0 spiro atoms. The Bertz CT molecular complexity index is 430. The number of carbonyl (C=O) groups excluding carboxylic acids is 1. The van der Waals surface area contributed by atoms with Crippen LogP contribution in [0.15, 0.2) is 18.2 Å². The van der Waals surface area contributed by atoms with Crippen LogP contribution in [0.4, 0.5) is 4.39 Å². The maximum absolute atomic E-state index is 12.9. The molecule has 2 N–H and O–H groups in total. The van der Waals surface area contributed by atoms with Crippen LogP contribution in [-0.2, 0) is 0 Å². The number of halogens is 3. The van der Waals surface area contributed by atoms with Gasteiger partial charge in [-0.3, -0.25) is 4.79 Å². The predicted molar refractivity (Wildman–Crippen MR) is 74.9 cm³/mol. The maximum Gasteiger partial charge on any atom is 0.254 e.